The summed E-state index contributed by atoms with van der Waals surface area (Å²) in [4.78, 5) is 30.7. The van der Waals surface area contributed by atoms with Crippen molar-refractivity contribution >= 4 is 17.5 Å². The van der Waals surface area contributed by atoms with Crippen molar-refractivity contribution in [1.82, 2.24) is 5.32 Å². The van der Waals surface area contributed by atoms with Crippen molar-refractivity contribution in [3.05, 3.63) is 77.4 Å². The van der Waals surface area contributed by atoms with E-state index in [0.717, 1.165) is 16.7 Å². The molecule has 4 rings (SSSR count). The fourth-order valence-electron chi connectivity index (χ4n) is 4.76. The fraction of sp³-hybridized carbons (Fsp3) is 0.300. The van der Waals surface area contributed by atoms with Crippen LogP contribution in [0.25, 0.3) is 0 Å². The van der Waals surface area contributed by atoms with Gasteiger partial charge in [0.05, 0.1) is 33.3 Å². The standard InChI is InChI=1S/C30H32N2O7/c1-37-21-10-8-20(9-11-21)29-28(25(35)15-7-19-6-14-24(34)27(17-19)39-3)22(31-30(36)32-29)12-4-18-5-13-23(33)26(16-18)38-2/h5-6,8-11,13-14,16-17,28-29,33-34H,4,7,12,15H2,1-3H3,(H,32,36). The molecule has 0 saturated carbocycles. The third-order valence-electron chi connectivity index (χ3n) is 6.86. The Morgan fingerprint density at radius 2 is 1.41 bits per heavy atom. The molecule has 9 nitrogen and oxygen atoms in total. The number of nitrogens with zero attached hydrogens (tertiary/aromatic N) is 1. The van der Waals surface area contributed by atoms with Gasteiger partial charge >= 0.3 is 6.03 Å². The van der Waals surface area contributed by atoms with Crippen LogP contribution in [-0.4, -0.2) is 49.1 Å². The molecule has 0 fully saturated rings. The molecule has 1 aliphatic heterocycles. The predicted octanol–water partition coefficient (Wildman–Crippen LogP) is 4.78. The van der Waals surface area contributed by atoms with Gasteiger partial charge in [-0.05, 0) is 72.4 Å². The van der Waals surface area contributed by atoms with E-state index < -0.39 is 18.0 Å². The van der Waals surface area contributed by atoms with Gasteiger partial charge in [0.1, 0.15) is 11.5 Å². The zero-order valence-electron chi connectivity index (χ0n) is 22.1. The Balaban J connectivity index is 1.61. The van der Waals surface area contributed by atoms with E-state index in [1.807, 2.05) is 12.1 Å². The lowest BCUT2D eigenvalue weighted by atomic mass is 9.81. The maximum atomic E-state index is 13.8. The van der Waals surface area contributed by atoms with E-state index in [1.54, 1.807) is 55.6 Å². The molecule has 2 amide bonds. The maximum absolute atomic E-state index is 13.8. The summed E-state index contributed by atoms with van der Waals surface area (Å²) in [6.45, 7) is 0. The van der Waals surface area contributed by atoms with E-state index >= 15 is 0 Å². The third-order valence-corrected chi connectivity index (χ3v) is 6.86. The molecule has 0 saturated heterocycles. The minimum atomic E-state index is -0.672. The molecule has 3 aromatic rings. The number of carbonyl (C=O) groups is 2. The first-order chi connectivity index (χ1) is 18.8. The molecule has 0 aromatic heterocycles. The molecule has 0 radical (unpaired) electrons. The summed E-state index contributed by atoms with van der Waals surface area (Å²) in [5.41, 5.74) is 2.99. The second-order valence-corrected chi connectivity index (χ2v) is 9.26. The molecule has 0 bridgehead atoms. The van der Waals surface area contributed by atoms with Gasteiger partial charge < -0.3 is 29.7 Å². The molecule has 3 aromatic carbocycles. The van der Waals surface area contributed by atoms with Crippen LogP contribution in [0.15, 0.2) is 65.7 Å². The zero-order chi connectivity index (χ0) is 27.9. The average Bonchev–Trinajstić information content (AvgIpc) is 2.95. The number of Topliss-reactive ketones (excluding diaryl/α,β-unsaturated/α-hetero) is 1. The Labute approximate surface area is 227 Å². The lowest BCUT2D eigenvalue weighted by molar-refractivity contribution is -0.121. The number of urea groups is 1. The van der Waals surface area contributed by atoms with Gasteiger partial charge in [-0.25, -0.2) is 9.79 Å². The molecular formula is C30H32N2O7. The van der Waals surface area contributed by atoms with Crippen LogP contribution in [-0.2, 0) is 17.6 Å². The Hall–Kier alpha value is -4.53. The zero-order valence-corrected chi connectivity index (χ0v) is 22.1. The fourth-order valence-corrected chi connectivity index (χ4v) is 4.76. The Kier molecular flexibility index (Phi) is 8.70. The van der Waals surface area contributed by atoms with Crippen LogP contribution in [0.4, 0.5) is 4.79 Å². The molecule has 39 heavy (non-hydrogen) atoms. The number of aliphatic imine (C=N–C) groups is 1. The molecule has 2 unspecified atom stereocenters. The van der Waals surface area contributed by atoms with Gasteiger partial charge in [-0.3, -0.25) is 4.79 Å². The topological polar surface area (TPSA) is 127 Å². The predicted molar refractivity (Wildman–Crippen MR) is 146 cm³/mol. The van der Waals surface area contributed by atoms with Gasteiger partial charge in [0.15, 0.2) is 23.0 Å². The van der Waals surface area contributed by atoms with E-state index in [4.69, 9.17) is 14.2 Å². The number of phenolic OH excluding ortho intramolecular Hbond substituents is 2. The second-order valence-electron chi connectivity index (χ2n) is 9.26. The molecule has 1 heterocycles. The number of aromatic hydroxyl groups is 2. The molecule has 0 aliphatic carbocycles. The van der Waals surface area contributed by atoms with Crippen LogP contribution in [0.2, 0.25) is 0 Å². The van der Waals surface area contributed by atoms with Crippen molar-refractivity contribution < 1.29 is 34.0 Å². The van der Waals surface area contributed by atoms with Crippen LogP contribution in [0.5, 0.6) is 28.7 Å². The number of aryl methyl sites for hydroxylation is 2. The molecule has 2 atom stereocenters. The van der Waals surface area contributed by atoms with Crippen molar-refractivity contribution in [1.29, 1.82) is 0 Å². The summed E-state index contributed by atoms with van der Waals surface area (Å²) < 4.78 is 15.7. The Morgan fingerprint density at radius 1 is 0.821 bits per heavy atom. The van der Waals surface area contributed by atoms with Crippen LogP contribution < -0.4 is 19.5 Å². The first-order valence-electron chi connectivity index (χ1n) is 12.6. The van der Waals surface area contributed by atoms with E-state index in [9.17, 15) is 19.8 Å². The average molecular weight is 533 g/mol. The van der Waals surface area contributed by atoms with Crippen LogP contribution in [0.3, 0.4) is 0 Å². The number of phenols is 2. The SMILES string of the molecule is COc1ccc(C2NC(=O)N=C(CCc3ccc(O)c(OC)c3)C2C(=O)CCc2ccc(O)c(OC)c2)cc1. The van der Waals surface area contributed by atoms with Crippen LogP contribution in [0, 0.1) is 5.92 Å². The summed E-state index contributed by atoms with van der Waals surface area (Å²) in [6, 6.07) is 16.2. The number of ether oxygens (including phenoxy) is 3. The number of benzene rings is 3. The summed E-state index contributed by atoms with van der Waals surface area (Å²) in [5, 5.41) is 22.7. The molecular weight excluding hydrogens is 500 g/mol. The van der Waals surface area contributed by atoms with E-state index in [1.165, 1.54) is 14.2 Å². The van der Waals surface area contributed by atoms with Crippen molar-refractivity contribution in [3.8, 4) is 28.7 Å². The van der Waals surface area contributed by atoms with Crippen molar-refractivity contribution in [3.63, 3.8) is 0 Å². The number of nitrogens with one attached hydrogen (secondary N) is 1. The van der Waals surface area contributed by atoms with Gasteiger partial charge in [-0.15, -0.1) is 0 Å². The smallest absolute Gasteiger partial charge is 0.341 e. The van der Waals surface area contributed by atoms with E-state index in [2.05, 4.69) is 10.3 Å². The van der Waals surface area contributed by atoms with Crippen molar-refractivity contribution in [2.45, 2.75) is 31.7 Å². The van der Waals surface area contributed by atoms with Gasteiger partial charge in [0, 0.05) is 12.1 Å². The largest absolute Gasteiger partial charge is 0.504 e. The number of amides is 2. The molecule has 9 heteroatoms. The van der Waals surface area contributed by atoms with E-state index in [0.29, 0.717) is 42.2 Å². The van der Waals surface area contributed by atoms with Gasteiger partial charge in [0.2, 0.25) is 0 Å². The van der Waals surface area contributed by atoms with Crippen LogP contribution >= 0.6 is 0 Å². The normalized spacial score (nSPS) is 16.7. The molecule has 0 spiro atoms. The molecule has 204 valence electrons. The summed E-state index contributed by atoms with van der Waals surface area (Å²) >= 11 is 0. The monoisotopic (exact) mass is 532 g/mol. The highest BCUT2D eigenvalue weighted by Crippen LogP contribution is 2.33. The highest BCUT2D eigenvalue weighted by molar-refractivity contribution is 6.11. The molecule has 3 N–H and O–H groups in total. The Bertz CT molecular complexity index is 1370. The number of hydrogen-bond donors (Lipinski definition) is 3. The first kappa shape index (κ1) is 27.5. The van der Waals surface area contributed by atoms with Crippen molar-refractivity contribution in [2.24, 2.45) is 10.9 Å². The maximum Gasteiger partial charge on any atom is 0.341 e. The lowest BCUT2D eigenvalue weighted by Gasteiger charge is -2.32. The minimum Gasteiger partial charge on any atom is -0.504 e. The minimum absolute atomic E-state index is 0.0300. The number of ketones is 1. The number of hydrogen-bond acceptors (Lipinski definition) is 7. The first-order valence-corrected chi connectivity index (χ1v) is 12.6. The quantitative estimate of drug-likeness (QED) is 0.324. The van der Waals surface area contributed by atoms with Gasteiger partial charge in [-0.1, -0.05) is 24.3 Å². The summed E-state index contributed by atoms with van der Waals surface area (Å²) in [7, 11) is 4.53. The second kappa shape index (κ2) is 12.3. The van der Waals surface area contributed by atoms with Gasteiger partial charge in [-0.2, -0.15) is 0 Å². The summed E-state index contributed by atoms with van der Waals surface area (Å²) in [6.07, 6.45) is 1.50. The highest BCUT2D eigenvalue weighted by Gasteiger charge is 2.38. The van der Waals surface area contributed by atoms with Gasteiger partial charge in [0.25, 0.3) is 0 Å². The lowest BCUT2D eigenvalue weighted by Crippen LogP contribution is -2.44. The third kappa shape index (κ3) is 6.49. The number of carbonyl (C=O) groups excluding carboxylic acids is 2. The Morgan fingerprint density at radius 3 is 1.97 bits per heavy atom. The molecule has 1 aliphatic rings. The summed E-state index contributed by atoms with van der Waals surface area (Å²) in [5.74, 6) is 0.687. The number of rotatable bonds is 11. The van der Waals surface area contributed by atoms with Crippen molar-refractivity contribution in [2.75, 3.05) is 21.3 Å². The van der Waals surface area contributed by atoms with E-state index in [-0.39, 0.29) is 23.7 Å². The van der Waals surface area contributed by atoms with Crippen LogP contribution in [0.1, 0.15) is 35.6 Å². The highest BCUT2D eigenvalue weighted by atomic mass is 16.5. The number of methoxy groups -OCH3 is 3.